The summed E-state index contributed by atoms with van der Waals surface area (Å²) in [4.78, 5) is 11.2. The minimum atomic E-state index is -0.506. The van der Waals surface area contributed by atoms with Crippen molar-refractivity contribution < 1.29 is 4.79 Å². The summed E-state index contributed by atoms with van der Waals surface area (Å²) in [6, 6.07) is -0.506. The number of amides is 1. The molecule has 13 heavy (non-hydrogen) atoms. The van der Waals surface area contributed by atoms with Crippen molar-refractivity contribution in [3.8, 4) is 0 Å². The van der Waals surface area contributed by atoms with E-state index in [1.165, 1.54) is 0 Å². The number of hydrogen-bond acceptors (Lipinski definition) is 3. The molecule has 0 aromatic carbocycles. The van der Waals surface area contributed by atoms with Gasteiger partial charge in [-0.2, -0.15) is 5.10 Å². The molecule has 4 N–H and O–H groups in total. The molecule has 0 aliphatic rings. The Hall–Kier alpha value is -1.36. The topological polar surface area (TPSA) is 83.8 Å². The third kappa shape index (κ3) is 2.29. The van der Waals surface area contributed by atoms with Gasteiger partial charge >= 0.3 is 0 Å². The number of nitrogens with two attached hydrogens (primary N) is 1. The van der Waals surface area contributed by atoms with Crippen molar-refractivity contribution in [2.45, 2.75) is 26.3 Å². The van der Waals surface area contributed by atoms with Crippen LogP contribution in [0.5, 0.6) is 0 Å². The highest BCUT2D eigenvalue weighted by molar-refractivity contribution is 5.94. The maximum atomic E-state index is 11.2. The molecular weight excluding hydrogens is 168 g/mol. The number of aromatic nitrogens is 2. The Morgan fingerprint density at radius 1 is 1.85 bits per heavy atom. The first-order chi connectivity index (χ1) is 6.15. The van der Waals surface area contributed by atoms with Gasteiger partial charge in [-0.15, -0.1) is 0 Å². The van der Waals surface area contributed by atoms with E-state index in [-0.39, 0.29) is 5.91 Å². The number of carbonyl (C=O) groups is 1. The quantitative estimate of drug-likeness (QED) is 0.626. The summed E-state index contributed by atoms with van der Waals surface area (Å²) in [6.07, 6.45) is 2.52. The second-order valence-corrected chi connectivity index (χ2v) is 2.90. The molecule has 5 nitrogen and oxygen atoms in total. The lowest BCUT2D eigenvalue weighted by Gasteiger charge is -2.06. The number of aryl methyl sites for hydroxylation is 1. The standard InChI is InChI=1S/C8H14N4O/c1-3-6-4-10-12-7(6)11-8(13)5(2)9/h4-5H,3,9H2,1-2H3,(H2,10,11,12,13). The Bertz CT molecular complexity index is 292. The SMILES string of the molecule is CCc1cn[nH]c1NC(=O)C(C)N. The zero-order valence-corrected chi connectivity index (χ0v) is 7.79. The molecule has 0 saturated heterocycles. The number of nitrogens with one attached hydrogen (secondary N) is 2. The lowest BCUT2D eigenvalue weighted by Crippen LogP contribution is -2.32. The molecule has 1 atom stereocenters. The van der Waals surface area contributed by atoms with E-state index in [2.05, 4.69) is 15.5 Å². The van der Waals surface area contributed by atoms with Crippen LogP contribution in [0.25, 0.3) is 0 Å². The summed E-state index contributed by atoms with van der Waals surface area (Å²) in [5.74, 6) is 0.434. The molecule has 0 radical (unpaired) electrons. The van der Waals surface area contributed by atoms with Crippen molar-refractivity contribution in [1.29, 1.82) is 0 Å². The van der Waals surface area contributed by atoms with Crippen LogP contribution in [0.4, 0.5) is 5.82 Å². The smallest absolute Gasteiger partial charge is 0.242 e. The summed E-state index contributed by atoms with van der Waals surface area (Å²) < 4.78 is 0. The van der Waals surface area contributed by atoms with Crippen LogP contribution < -0.4 is 11.1 Å². The van der Waals surface area contributed by atoms with Crippen LogP contribution in [0.15, 0.2) is 6.20 Å². The highest BCUT2D eigenvalue weighted by atomic mass is 16.2. The predicted molar refractivity (Wildman–Crippen MR) is 50.2 cm³/mol. The van der Waals surface area contributed by atoms with E-state index in [1.54, 1.807) is 13.1 Å². The van der Waals surface area contributed by atoms with Crippen LogP contribution >= 0.6 is 0 Å². The normalized spacial score (nSPS) is 12.5. The zero-order valence-electron chi connectivity index (χ0n) is 7.79. The third-order valence-electron chi connectivity index (χ3n) is 1.76. The lowest BCUT2D eigenvalue weighted by molar-refractivity contribution is -0.117. The van der Waals surface area contributed by atoms with Gasteiger partial charge in [0.15, 0.2) is 0 Å². The Labute approximate surface area is 76.7 Å². The van der Waals surface area contributed by atoms with E-state index in [0.717, 1.165) is 12.0 Å². The van der Waals surface area contributed by atoms with Crippen LogP contribution in [0, 0.1) is 0 Å². The molecular formula is C8H14N4O. The number of aromatic amines is 1. The van der Waals surface area contributed by atoms with Gasteiger partial charge in [0, 0.05) is 5.56 Å². The second-order valence-electron chi connectivity index (χ2n) is 2.90. The van der Waals surface area contributed by atoms with E-state index >= 15 is 0 Å². The van der Waals surface area contributed by atoms with Crippen molar-refractivity contribution in [3.63, 3.8) is 0 Å². The minimum Gasteiger partial charge on any atom is -0.320 e. The van der Waals surface area contributed by atoms with Crippen LogP contribution in [-0.2, 0) is 11.2 Å². The van der Waals surface area contributed by atoms with Crippen LogP contribution in [0.3, 0.4) is 0 Å². The van der Waals surface area contributed by atoms with Gasteiger partial charge < -0.3 is 11.1 Å². The molecule has 0 aliphatic carbocycles. The van der Waals surface area contributed by atoms with Gasteiger partial charge in [0.1, 0.15) is 5.82 Å². The minimum absolute atomic E-state index is 0.209. The molecule has 5 heteroatoms. The highest BCUT2D eigenvalue weighted by Gasteiger charge is 2.10. The number of rotatable bonds is 3. The molecule has 0 spiro atoms. The number of hydrogen-bond donors (Lipinski definition) is 3. The van der Waals surface area contributed by atoms with Gasteiger partial charge in [-0.3, -0.25) is 9.89 Å². The summed E-state index contributed by atoms with van der Waals surface area (Å²) in [5.41, 5.74) is 6.38. The molecule has 0 saturated carbocycles. The van der Waals surface area contributed by atoms with Gasteiger partial charge in [-0.1, -0.05) is 6.92 Å². The van der Waals surface area contributed by atoms with Gasteiger partial charge in [-0.05, 0) is 13.3 Å². The van der Waals surface area contributed by atoms with Crippen molar-refractivity contribution in [2.75, 3.05) is 5.32 Å². The molecule has 0 fully saturated rings. The molecule has 1 unspecified atom stereocenters. The van der Waals surface area contributed by atoms with E-state index in [0.29, 0.717) is 5.82 Å². The van der Waals surface area contributed by atoms with Crippen LogP contribution in [0.1, 0.15) is 19.4 Å². The van der Waals surface area contributed by atoms with E-state index in [4.69, 9.17) is 5.73 Å². The number of H-pyrrole nitrogens is 1. The van der Waals surface area contributed by atoms with Gasteiger partial charge in [0.2, 0.25) is 5.91 Å². The first kappa shape index (κ1) is 9.73. The average Bonchev–Trinajstić information content (AvgIpc) is 2.51. The molecule has 1 rings (SSSR count). The lowest BCUT2D eigenvalue weighted by atomic mass is 10.2. The number of nitrogens with zero attached hydrogens (tertiary/aromatic N) is 1. The second kappa shape index (κ2) is 4.04. The first-order valence-corrected chi connectivity index (χ1v) is 4.23. The molecule has 1 heterocycles. The fraction of sp³-hybridized carbons (Fsp3) is 0.500. The van der Waals surface area contributed by atoms with E-state index in [9.17, 15) is 4.79 Å². The number of anilines is 1. The average molecular weight is 182 g/mol. The van der Waals surface area contributed by atoms with Crippen molar-refractivity contribution in [1.82, 2.24) is 10.2 Å². The summed E-state index contributed by atoms with van der Waals surface area (Å²) in [5, 5.41) is 9.19. The van der Waals surface area contributed by atoms with Gasteiger partial charge in [0.25, 0.3) is 0 Å². The van der Waals surface area contributed by atoms with E-state index < -0.39 is 6.04 Å². The van der Waals surface area contributed by atoms with Gasteiger partial charge in [0.05, 0.1) is 12.2 Å². The monoisotopic (exact) mass is 182 g/mol. The van der Waals surface area contributed by atoms with E-state index in [1.807, 2.05) is 6.92 Å². The largest absolute Gasteiger partial charge is 0.320 e. The Morgan fingerprint density at radius 2 is 2.54 bits per heavy atom. The Morgan fingerprint density at radius 3 is 3.08 bits per heavy atom. The maximum Gasteiger partial charge on any atom is 0.242 e. The summed E-state index contributed by atoms with van der Waals surface area (Å²) >= 11 is 0. The molecule has 1 aromatic rings. The molecule has 1 aromatic heterocycles. The van der Waals surface area contributed by atoms with Crippen LogP contribution in [0.2, 0.25) is 0 Å². The Balaban J connectivity index is 2.68. The molecule has 0 bridgehead atoms. The maximum absolute atomic E-state index is 11.2. The van der Waals surface area contributed by atoms with Crippen molar-refractivity contribution in [2.24, 2.45) is 5.73 Å². The third-order valence-corrected chi connectivity index (χ3v) is 1.76. The number of carbonyl (C=O) groups excluding carboxylic acids is 1. The fourth-order valence-electron chi connectivity index (χ4n) is 0.924. The van der Waals surface area contributed by atoms with Gasteiger partial charge in [-0.25, -0.2) is 0 Å². The predicted octanol–water partition coefficient (Wildman–Crippen LogP) is 0.258. The van der Waals surface area contributed by atoms with Crippen molar-refractivity contribution >= 4 is 11.7 Å². The summed E-state index contributed by atoms with van der Waals surface area (Å²) in [6.45, 7) is 3.63. The van der Waals surface area contributed by atoms with Crippen molar-refractivity contribution in [3.05, 3.63) is 11.8 Å². The highest BCUT2D eigenvalue weighted by Crippen LogP contribution is 2.10. The zero-order chi connectivity index (χ0) is 9.84. The fourth-order valence-corrected chi connectivity index (χ4v) is 0.924. The first-order valence-electron chi connectivity index (χ1n) is 4.23. The molecule has 72 valence electrons. The molecule has 1 amide bonds. The summed E-state index contributed by atoms with van der Waals surface area (Å²) in [7, 11) is 0. The van der Waals surface area contributed by atoms with Crippen LogP contribution in [-0.4, -0.2) is 22.1 Å². The molecule has 0 aliphatic heterocycles. The Kier molecular flexibility index (Phi) is 3.02.